The molecule has 3 rings (SSSR count). The van der Waals surface area contributed by atoms with Gasteiger partial charge in [-0.3, -0.25) is 0 Å². The Balaban J connectivity index is 1.82. The van der Waals surface area contributed by atoms with E-state index in [9.17, 15) is 0 Å². The fourth-order valence-corrected chi connectivity index (χ4v) is 4.36. The molecular weight excluding hydrogens is 326 g/mol. The lowest BCUT2D eigenvalue weighted by Crippen LogP contribution is -2.43. The normalized spacial score (nSPS) is 25.1. The average molecular weight is 352 g/mol. The summed E-state index contributed by atoms with van der Waals surface area (Å²) in [6.45, 7) is 5.37. The van der Waals surface area contributed by atoms with E-state index in [4.69, 9.17) is 4.98 Å². The van der Waals surface area contributed by atoms with Crippen molar-refractivity contribution in [3.05, 3.63) is 22.3 Å². The zero-order chi connectivity index (χ0) is 14.7. The number of rotatable bonds is 5. The van der Waals surface area contributed by atoms with Crippen molar-refractivity contribution in [3.8, 4) is 0 Å². The number of hydrogen-bond donors (Lipinski definition) is 1. The third-order valence-corrected chi connectivity index (χ3v) is 5.35. The minimum atomic E-state index is 0.734. The molecule has 2 fully saturated rings. The van der Waals surface area contributed by atoms with Crippen LogP contribution in [-0.2, 0) is 6.54 Å². The van der Waals surface area contributed by atoms with Crippen LogP contribution in [0.1, 0.15) is 51.0 Å². The van der Waals surface area contributed by atoms with Crippen molar-refractivity contribution in [2.45, 2.75) is 58.0 Å². The molecule has 1 aliphatic carbocycles. The maximum Gasteiger partial charge on any atom is 0.133 e. The Hall–Kier alpha value is -0.610. The molecular formula is C17H26BrN3. The summed E-state index contributed by atoms with van der Waals surface area (Å²) in [5.74, 6) is 2.12. The second-order valence-electron chi connectivity index (χ2n) is 6.41. The number of aromatic nitrogens is 1. The highest BCUT2D eigenvalue weighted by atomic mass is 79.9. The highest BCUT2D eigenvalue weighted by Crippen LogP contribution is 2.39. The Bertz CT molecular complexity index is 477. The van der Waals surface area contributed by atoms with Crippen LogP contribution < -0.4 is 10.2 Å². The van der Waals surface area contributed by atoms with Crippen molar-refractivity contribution in [3.63, 3.8) is 0 Å². The van der Waals surface area contributed by atoms with Crippen molar-refractivity contribution in [2.24, 2.45) is 5.92 Å². The SMILES string of the molecule is CCCNCc1cc(Br)cnc1N1CCCC2CCCC21. The van der Waals surface area contributed by atoms with Gasteiger partial charge in [0.1, 0.15) is 5.82 Å². The van der Waals surface area contributed by atoms with Crippen LogP contribution in [0.25, 0.3) is 0 Å². The first-order valence-electron chi connectivity index (χ1n) is 8.41. The fraction of sp³-hybridized carbons (Fsp3) is 0.706. The predicted molar refractivity (Wildman–Crippen MR) is 91.6 cm³/mol. The molecule has 21 heavy (non-hydrogen) atoms. The van der Waals surface area contributed by atoms with E-state index < -0.39 is 0 Å². The molecule has 116 valence electrons. The maximum absolute atomic E-state index is 4.78. The van der Waals surface area contributed by atoms with Gasteiger partial charge in [0.05, 0.1) is 0 Å². The van der Waals surface area contributed by atoms with Gasteiger partial charge in [0, 0.05) is 35.4 Å². The van der Waals surface area contributed by atoms with Crippen molar-refractivity contribution < 1.29 is 0 Å². The smallest absolute Gasteiger partial charge is 0.133 e. The van der Waals surface area contributed by atoms with Crippen LogP contribution in [0, 0.1) is 5.92 Å². The van der Waals surface area contributed by atoms with E-state index in [2.05, 4.69) is 39.1 Å². The maximum atomic E-state index is 4.78. The molecule has 2 heterocycles. The third kappa shape index (κ3) is 3.42. The number of halogens is 1. The van der Waals surface area contributed by atoms with Crippen LogP contribution in [0.3, 0.4) is 0 Å². The number of fused-ring (bicyclic) bond motifs is 1. The van der Waals surface area contributed by atoms with Crippen molar-refractivity contribution in [1.82, 2.24) is 10.3 Å². The molecule has 4 heteroatoms. The molecule has 2 aliphatic rings. The summed E-state index contributed by atoms with van der Waals surface area (Å²) in [5.41, 5.74) is 1.34. The first kappa shape index (κ1) is 15.3. The molecule has 1 N–H and O–H groups in total. The summed E-state index contributed by atoms with van der Waals surface area (Å²) in [6.07, 6.45) is 10.0. The van der Waals surface area contributed by atoms with Gasteiger partial charge < -0.3 is 10.2 Å². The minimum Gasteiger partial charge on any atom is -0.353 e. The number of hydrogen-bond acceptors (Lipinski definition) is 3. The number of nitrogens with zero attached hydrogens (tertiary/aromatic N) is 2. The molecule has 0 aromatic carbocycles. The van der Waals surface area contributed by atoms with Crippen LogP contribution in [0.4, 0.5) is 5.82 Å². The first-order chi connectivity index (χ1) is 10.3. The Labute approximate surface area is 136 Å². The number of piperidine rings is 1. The van der Waals surface area contributed by atoms with Crippen LogP contribution in [0.2, 0.25) is 0 Å². The summed E-state index contributed by atoms with van der Waals surface area (Å²) >= 11 is 3.58. The second kappa shape index (κ2) is 7.10. The highest BCUT2D eigenvalue weighted by molar-refractivity contribution is 9.10. The largest absolute Gasteiger partial charge is 0.353 e. The quantitative estimate of drug-likeness (QED) is 0.809. The van der Waals surface area contributed by atoms with E-state index in [1.165, 1.54) is 56.5 Å². The molecule has 1 saturated carbocycles. The lowest BCUT2D eigenvalue weighted by Gasteiger charge is -2.39. The third-order valence-electron chi connectivity index (χ3n) is 4.92. The summed E-state index contributed by atoms with van der Waals surface area (Å²) in [6, 6.07) is 2.97. The van der Waals surface area contributed by atoms with Gasteiger partial charge in [-0.05, 0) is 66.6 Å². The lowest BCUT2D eigenvalue weighted by molar-refractivity contribution is 0.360. The fourth-order valence-electron chi connectivity index (χ4n) is 3.98. The van der Waals surface area contributed by atoms with E-state index in [1.54, 1.807) is 0 Å². The molecule has 2 unspecified atom stereocenters. The van der Waals surface area contributed by atoms with Gasteiger partial charge in [-0.25, -0.2) is 4.98 Å². The molecule has 0 spiro atoms. The van der Waals surface area contributed by atoms with Crippen molar-refractivity contribution in [1.29, 1.82) is 0 Å². The van der Waals surface area contributed by atoms with Crippen LogP contribution in [0.15, 0.2) is 16.7 Å². The van der Waals surface area contributed by atoms with Crippen LogP contribution in [-0.4, -0.2) is 24.1 Å². The Morgan fingerprint density at radius 2 is 2.19 bits per heavy atom. The molecule has 1 aromatic heterocycles. The van der Waals surface area contributed by atoms with Crippen LogP contribution in [0.5, 0.6) is 0 Å². The monoisotopic (exact) mass is 351 g/mol. The van der Waals surface area contributed by atoms with Crippen molar-refractivity contribution in [2.75, 3.05) is 18.0 Å². The molecule has 2 atom stereocenters. The molecule has 1 aromatic rings. The van der Waals surface area contributed by atoms with Gasteiger partial charge in [-0.15, -0.1) is 0 Å². The van der Waals surface area contributed by atoms with E-state index in [0.717, 1.165) is 29.5 Å². The molecule has 3 nitrogen and oxygen atoms in total. The Morgan fingerprint density at radius 3 is 3.05 bits per heavy atom. The Morgan fingerprint density at radius 1 is 1.33 bits per heavy atom. The average Bonchev–Trinajstić information content (AvgIpc) is 2.96. The standard InChI is InChI=1S/C17H26BrN3/c1-2-8-19-11-14-10-15(18)12-20-17(14)21-9-4-6-13-5-3-7-16(13)21/h10,12-13,16,19H,2-9,11H2,1H3. The number of pyridine rings is 1. The predicted octanol–water partition coefficient (Wildman–Crippen LogP) is 4.11. The van der Waals surface area contributed by atoms with Gasteiger partial charge in [0.2, 0.25) is 0 Å². The zero-order valence-electron chi connectivity index (χ0n) is 12.9. The van der Waals surface area contributed by atoms with Gasteiger partial charge in [0.15, 0.2) is 0 Å². The molecule has 0 radical (unpaired) electrons. The van der Waals surface area contributed by atoms with Gasteiger partial charge in [-0.1, -0.05) is 13.3 Å². The van der Waals surface area contributed by atoms with Gasteiger partial charge >= 0.3 is 0 Å². The molecule has 1 saturated heterocycles. The zero-order valence-corrected chi connectivity index (χ0v) is 14.5. The van der Waals surface area contributed by atoms with E-state index in [1.807, 2.05) is 6.20 Å². The van der Waals surface area contributed by atoms with Gasteiger partial charge in [-0.2, -0.15) is 0 Å². The summed E-state index contributed by atoms with van der Waals surface area (Å²) < 4.78 is 1.08. The topological polar surface area (TPSA) is 28.2 Å². The lowest BCUT2D eigenvalue weighted by atomic mass is 9.91. The summed E-state index contributed by atoms with van der Waals surface area (Å²) in [7, 11) is 0. The summed E-state index contributed by atoms with van der Waals surface area (Å²) in [5, 5.41) is 3.53. The summed E-state index contributed by atoms with van der Waals surface area (Å²) in [4.78, 5) is 7.39. The van der Waals surface area contributed by atoms with Crippen molar-refractivity contribution >= 4 is 21.7 Å². The van der Waals surface area contributed by atoms with Crippen LogP contribution >= 0.6 is 15.9 Å². The number of nitrogens with one attached hydrogen (secondary N) is 1. The Kier molecular flexibility index (Phi) is 5.17. The molecule has 0 bridgehead atoms. The molecule has 1 aliphatic heterocycles. The number of anilines is 1. The minimum absolute atomic E-state index is 0.734. The highest BCUT2D eigenvalue weighted by Gasteiger charge is 2.36. The van der Waals surface area contributed by atoms with E-state index >= 15 is 0 Å². The van der Waals surface area contributed by atoms with E-state index in [0.29, 0.717) is 0 Å². The van der Waals surface area contributed by atoms with E-state index in [-0.39, 0.29) is 0 Å². The first-order valence-corrected chi connectivity index (χ1v) is 9.20. The second-order valence-corrected chi connectivity index (χ2v) is 7.32. The molecule has 0 amide bonds. The van der Waals surface area contributed by atoms with Gasteiger partial charge in [0.25, 0.3) is 0 Å².